The Bertz CT molecular complexity index is 537. The van der Waals surface area contributed by atoms with Crippen LogP contribution in [0.5, 0.6) is 0 Å². The van der Waals surface area contributed by atoms with Gasteiger partial charge in [-0.1, -0.05) is 6.07 Å². The lowest BCUT2D eigenvalue weighted by atomic mass is 10.1. The number of nitrogens with zero attached hydrogens (tertiary/aromatic N) is 1. The molecule has 1 aliphatic rings. The first-order valence-corrected chi connectivity index (χ1v) is 6.64. The van der Waals surface area contributed by atoms with Crippen LogP contribution in [0.4, 0.5) is 10.1 Å². The number of nitrogens with one attached hydrogen (secondary N) is 1. The lowest BCUT2D eigenvalue weighted by molar-refractivity contribution is -0.131. The second kappa shape index (κ2) is 5.23. The van der Waals surface area contributed by atoms with Gasteiger partial charge in [0.05, 0.1) is 5.92 Å². The van der Waals surface area contributed by atoms with Crippen molar-refractivity contribution in [3.05, 3.63) is 30.1 Å². The van der Waals surface area contributed by atoms with Crippen molar-refractivity contribution in [2.45, 2.75) is 32.7 Å². The fourth-order valence-electron chi connectivity index (χ4n) is 2.34. The van der Waals surface area contributed by atoms with Crippen LogP contribution in [-0.2, 0) is 9.59 Å². The molecule has 1 aromatic rings. The van der Waals surface area contributed by atoms with E-state index in [-0.39, 0.29) is 29.7 Å². The number of halogens is 1. The van der Waals surface area contributed by atoms with Gasteiger partial charge in [-0.2, -0.15) is 0 Å². The van der Waals surface area contributed by atoms with Crippen LogP contribution in [0.15, 0.2) is 24.3 Å². The third-order valence-electron chi connectivity index (χ3n) is 3.40. The molecule has 1 fully saturated rings. The zero-order valence-corrected chi connectivity index (χ0v) is 11.9. The fourth-order valence-corrected chi connectivity index (χ4v) is 2.34. The molecule has 0 unspecified atom stereocenters. The van der Waals surface area contributed by atoms with Gasteiger partial charge in [0.25, 0.3) is 0 Å². The summed E-state index contributed by atoms with van der Waals surface area (Å²) in [5, 5.41) is 2.66. The van der Waals surface area contributed by atoms with Gasteiger partial charge in [-0.25, -0.2) is 4.39 Å². The van der Waals surface area contributed by atoms with Gasteiger partial charge in [0.1, 0.15) is 5.82 Å². The zero-order chi connectivity index (χ0) is 14.9. The van der Waals surface area contributed by atoms with Gasteiger partial charge in [-0.15, -0.1) is 0 Å². The third kappa shape index (κ3) is 3.15. The highest BCUT2D eigenvalue weighted by Gasteiger charge is 2.39. The van der Waals surface area contributed by atoms with E-state index in [1.807, 2.05) is 20.8 Å². The first kappa shape index (κ1) is 14.5. The van der Waals surface area contributed by atoms with Crippen LogP contribution >= 0.6 is 0 Å². The minimum absolute atomic E-state index is 0.0168. The van der Waals surface area contributed by atoms with E-state index < -0.39 is 5.82 Å². The molecule has 1 heterocycles. The molecule has 5 heteroatoms. The Morgan fingerprint density at radius 2 is 2.10 bits per heavy atom. The summed E-state index contributed by atoms with van der Waals surface area (Å²) in [6.07, 6.45) is 0.207. The Balaban J connectivity index is 2.03. The molecule has 0 radical (unpaired) electrons. The molecule has 0 aromatic heterocycles. The molecule has 0 bridgehead atoms. The van der Waals surface area contributed by atoms with Gasteiger partial charge >= 0.3 is 0 Å². The molecule has 2 amide bonds. The van der Waals surface area contributed by atoms with Crippen molar-refractivity contribution in [2.75, 3.05) is 11.9 Å². The smallest absolute Gasteiger partial charge is 0.229 e. The first-order chi connectivity index (χ1) is 9.27. The van der Waals surface area contributed by atoms with E-state index in [0.29, 0.717) is 12.2 Å². The number of benzene rings is 1. The maximum atomic E-state index is 13.1. The van der Waals surface area contributed by atoms with Crippen LogP contribution < -0.4 is 5.32 Å². The van der Waals surface area contributed by atoms with Crippen molar-refractivity contribution in [1.82, 2.24) is 4.90 Å². The molecule has 0 spiro atoms. The average Bonchev–Trinajstić information content (AvgIpc) is 2.71. The molecule has 4 nitrogen and oxygen atoms in total. The van der Waals surface area contributed by atoms with Gasteiger partial charge in [-0.05, 0) is 39.0 Å². The Hall–Kier alpha value is -1.91. The van der Waals surface area contributed by atoms with Gasteiger partial charge in [0.15, 0.2) is 0 Å². The van der Waals surface area contributed by atoms with Gasteiger partial charge in [0.2, 0.25) is 11.8 Å². The summed E-state index contributed by atoms with van der Waals surface area (Å²) in [4.78, 5) is 25.8. The molecular weight excluding hydrogens is 259 g/mol. The zero-order valence-electron chi connectivity index (χ0n) is 11.9. The number of rotatable bonds is 2. The molecule has 20 heavy (non-hydrogen) atoms. The van der Waals surface area contributed by atoms with Crippen LogP contribution in [-0.4, -0.2) is 28.8 Å². The normalized spacial score (nSPS) is 19.3. The number of amides is 2. The van der Waals surface area contributed by atoms with Crippen LogP contribution in [0.25, 0.3) is 0 Å². The minimum atomic E-state index is -0.401. The van der Waals surface area contributed by atoms with Crippen LogP contribution in [0.3, 0.4) is 0 Å². The number of hydrogen-bond acceptors (Lipinski definition) is 2. The maximum absolute atomic E-state index is 13.1. The highest BCUT2D eigenvalue weighted by atomic mass is 19.1. The Morgan fingerprint density at radius 3 is 2.65 bits per heavy atom. The second-order valence-corrected chi connectivity index (χ2v) is 6.08. The highest BCUT2D eigenvalue weighted by Crippen LogP contribution is 2.26. The second-order valence-electron chi connectivity index (χ2n) is 6.08. The molecule has 2 rings (SSSR count). The number of hydrogen-bond donors (Lipinski definition) is 1. The standard InChI is InChI=1S/C15H19FN2O2/c1-15(2,3)18-9-10(7-13(18)19)14(20)17-12-6-4-5-11(16)8-12/h4-6,8,10H,7,9H2,1-3H3,(H,17,20)/t10-/m0/s1. The summed E-state index contributed by atoms with van der Waals surface area (Å²) in [7, 11) is 0. The summed E-state index contributed by atoms with van der Waals surface area (Å²) >= 11 is 0. The molecule has 0 saturated carbocycles. The predicted octanol–water partition coefficient (Wildman–Crippen LogP) is 2.41. The number of carbonyl (C=O) groups excluding carboxylic acids is 2. The Kier molecular flexibility index (Phi) is 3.79. The van der Waals surface area contributed by atoms with Crippen molar-refractivity contribution in [3.8, 4) is 0 Å². The number of likely N-dealkylation sites (tertiary alicyclic amines) is 1. The molecule has 1 saturated heterocycles. The van der Waals surface area contributed by atoms with Crippen molar-refractivity contribution in [3.63, 3.8) is 0 Å². The highest BCUT2D eigenvalue weighted by molar-refractivity contribution is 5.97. The van der Waals surface area contributed by atoms with Crippen LogP contribution in [0.2, 0.25) is 0 Å². The van der Waals surface area contributed by atoms with Gasteiger partial charge in [-0.3, -0.25) is 9.59 Å². The molecule has 1 N–H and O–H groups in total. The summed E-state index contributed by atoms with van der Waals surface area (Å²) in [6, 6.07) is 5.73. The summed E-state index contributed by atoms with van der Waals surface area (Å²) in [5.74, 6) is -1.04. The van der Waals surface area contributed by atoms with Crippen molar-refractivity contribution >= 4 is 17.5 Å². The molecule has 1 aliphatic heterocycles. The Labute approximate surface area is 118 Å². The lowest BCUT2D eigenvalue weighted by Gasteiger charge is -2.31. The summed E-state index contributed by atoms with van der Waals surface area (Å²) in [5.41, 5.74) is 0.127. The minimum Gasteiger partial charge on any atom is -0.337 e. The summed E-state index contributed by atoms with van der Waals surface area (Å²) in [6.45, 7) is 6.23. The molecule has 1 aromatic carbocycles. The van der Waals surface area contributed by atoms with E-state index in [2.05, 4.69) is 5.32 Å². The third-order valence-corrected chi connectivity index (χ3v) is 3.40. The maximum Gasteiger partial charge on any atom is 0.229 e. The largest absolute Gasteiger partial charge is 0.337 e. The fraction of sp³-hybridized carbons (Fsp3) is 0.467. The van der Waals surface area contributed by atoms with E-state index in [9.17, 15) is 14.0 Å². The molecule has 0 aliphatic carbocycles. The summed E-state index contributed by atoms with van der Waals surface area (Å²) < 4.78 is 13.1. The monoisotopic (exact) mass is 278 g/mol. The van der Waals surface area contributed by atoms with E-state index in [4.69, 9.17) is 0 Å². The molecule has 1 atom stereocenters. The average molecular weight is 278 g/mol. The van der Waals surface area contributed by atoms with Gasteiger partial charge in [0, 0.05) is 24.2 Å². The lowest BCUT2D eigenvalue weighted by Crippen LogP contribution is -2.42. The predicted molar refractivity (Wildman–Crippen MR) is 74.6 cm³/mol. The first-order valence-electron chi connectivity index (χ1n) is 6.64. The Morgan fingerprint density at radius 1 is 1.40 bits per heavy atom. The van der Waals surface area contributed by atoms with E-state index in [1.54, 1.807) is 11.0 Å². The quantitative estimate of drug-likeness (QED) is 0.903. The molecule has 108 valence electrons. The SMILES string of the molecule is CC(C)(C)N1C[C@@H](C(=O)Nc2cccc(F)c2)CC1=O. The van der Waals surface area contributed by atoms with Crippen molar-refractivity contribution < 1.29 is 14.0 Å². The van der Waals surface area contributed by atoms with Crippen molar-refractivity contribution in [1.29, 1.82) is 0 Å². The number of carbonyl (C=O) groups is 2. The van der Waals surface area contributed by atoms with Crippen LogP contribution in [0, 0.1) is 11.7 Å². The van der Waals surface area contributed by atoms with E-state index in [1.165, 1.54) is 18.2 Å². The molecular formula is C15H19FN2O2. The van der Waals surface area contributed by atoms with Crippen molar-refractivity contribution in [2.24, 2.45) is 5.92 Å². The topological polar surface area (TPSA) is 49.4 Å². The van der Waals surface area contributed by atoms with E-state index >= 15 is 0 Å². The van der Waals surface area contributed by atoms with Gasteiger partial charge < -0.3 is 10.2 Å². The van der Waals surface area contributed by atoms with E-state index in [0.717, 1.165) is 0 Å². The van der Waals surface area contributed by atoms with Crippen LogP contribution in [0.1, 0.15) is 27.2 Å². The number of anilines is 1.